The van der Waals surface area contributed by atoms with Gasteiger partial charge in [-0.05, 0) is 62.6 Å². The Hall–Kier alpha value is -3.03. The molecule has 0 radical (unpaired) electrons. The Bertz CT molecular complexity index is 1290. The van der Waals surface area contributed by atoms with E-state index in [2.05, 4.69) is 51.2 Å². The normalized spacial score (nSPS) is 16.5. The molecule has 5 rings (SSSR count). The molecule has 34 heavy (non-hydrogen) atoms. The van der Waals surface area contributed by atoms with Gasteiger partial charge in [-0.3, -0.25) is 14.1 Å². The van der Waals surface area contributed by atoms with Crippen molar-refractivity contribution in [3.8, 4) is 5.75 Å². The predicted octanol–water partition coefficient (Wildman–Crippen LogP) is 4.96. The van der Waals surface area contributed by atoms with E-state index in [0.717, 1.165) is 34.6 Å². The second-order valence-corrected chi connectivity index (χ2v) is 10.2. The number of fused-ring (bicyclic) bond motifs is 2. The topological polar surface area (TPSA) is 71.1 Å². The number of aromatic nitrogens is 3. The fourth-order valence-corrected chi connectivity index (χ4v) is 5.83. The number of likely N-dealkylation sites (N-methyl/N-ethyl adjacent to an activating group) is 1. The van der Waals surface area contributed by atoms with E-state index in [0.29, 0.717) is 23.6 Å². The maximum atomic E-state index is 13.0. The Morgan fingerprint density at radius 1 is 1.15 bits per heavy atom. The van der Waals surface area contributed by atoms with Crippen molar-refractivity contribution in [1.82, 2.24) is 19.9 Å². The third-order valence-electron chi connectivity index (χ3n) is 6.68. The Morgan fingerprint density at radius 3 is 2.85 bits per heavy atom. The predicted molar refractivity (Wildman–Crippen MR) is 135 cm³/mol. The van der Waals surface area contributed by atoms with E-state index in [-0.39, 0.29) is 0 Å². The summed E-state index contributed by atoms with van der Waals surface area (Å²) in [5, 5.41) is 0.475. The van der Waals surface area contributed by atoms with Crippen molar-refractivity contribution in [3.63, 3.8) is 0 Å². The molecule has 2 unspecified atom stereocenters. The molecule has 0 aliphatic heterocycles. The first-order chi connectivity index (χ1) is 16.6. The van der Waals surface area contributed by atoms with Gasteiger partial charge >= 0.3 is 0 Å². The van der Waals surface area contributed by atoms with Crippen LogP contribution in [0.15, 0.2) is 66.0 Å². The first-order valence-electron chi connectivity index (χ1n) is 11.8. The SMILES string of the molecule is Cc1c(OCCN(C)C2CCCc3ccccc32)ccnc1CS(=O)c1nc2ccccc2[nH]1. The van der Waals surface area contributed by atoms with Gasteiger partial charge in [0.05, 0.1) is 33.3 Å². The number of nitrogens with one attached hydrogen (secondary N) is 1. The number of H-pyrrole nitrogens is 1. The average molecular weight is 475 g/mol. The second-order valence-electron chi connectivity index (χ2n) is 8.87. The van der Waals surface area contributed by atoms with E-state index in [1.54, 1.807) is 6.20 Å². The number of nitrogens with zero attached hydrogens (tertiary/aromatic N) is 3. The highest BCUT2D eigenvalue weighted by atomic mass is 32.2. The molecule has 2 aromatic heterocycles. The standard InChI is InChI=1S/C27H30N4O2S/c1-19-24(18-34(32)27-29-22-11-5-6-12-23(22)30-27)28-15-14-26(19)33-17-16-31(2)25-13-7-9-20-8-3-4-10-21(20)25/h3-6,8,10-12,14-15,25H,7,9,13,16-18H2,1-2H3,(H,29,30). The van der Waals surface area contributed by atoms with Crippen molar-refractivity contribution >= 4 is 21.8 Å². The zero-order chi connectivity index (χ0) is 23.5. The molecular formula is C27H30N4O2S. The maximum absolute atomic E-state index is 13.0. The number of imidazole rings is 1. The Balaban J connectivity index is 1.21. The lowest BCUT2D eigenvalue weighted by atomic mass is 9.87. The van der Waals surface area contributed by atoms with Gasteiger partial charge in [-0.2, -0.15) is 0 Å². The highest BCUT2D eigenvalue weighted by molar-refractivity contribution is 7.84. The molecular weight excluding hydrogens is 444 g/mol. The fourth-order valence-electron chi connectivity index (χ4n) is 4.73. The summed E-state index contributed by atoms with van der Waals surface area (Å²) in [5.41, 5.74) is 6.32. The van der Waals surface area contributed by atoms with Crippen LogP contribution < -0.4 is 4.74 Å². The first-order valence-corrected chi connectivity index (χ1v) is 13.1. The number of para-hydroxylation sites is 2. The van der Waals surface area contributed by atoms with Crippen molar-refractivity contribution in [1.29, 1.82) is 0 Å². The van der Waals surface area contributed by atoms with Crippen LogP contribution in [-0.2, 0) is 23.0 Å². The van der Waals surface area contributed by atoms with Gasteiger partial charge in [0.25, 0.3) is 0 Å². The lowest BCUT2D eigenvalue weighted by Crippen LogP contribution is -2.31. The Labute approximate surface area is 202 Å². The van der Waals surface area contributed by atoms with Crippen LogP contribution in [0.5, 0.6) is 5.75 Å². The molecule has 7 heteroatoms. The largest absolute Gasteiger partial charge is 0.492 e. The number of aromatic amines is 1. The van der Waals surface area contributed by atoms with Gasteiger partial charge in [0.1, 0.15) is 12.4 Å². The monoisotopic (exact) mass is 474 g/mol. The van der Waals surface area contributed by atoms with E-state index in [4.69, 9.17) is 4.74 Å². The first kappa shape index (κ1) is 22.7. The summed E-state index contributed by atoms with van der Waals surface area (Å²) in [5.74, 6) is 1.09. The van der Waals surface area contributed by atoms with E-state index in [1.165, 1.54) is 30.4 Å². The molecule has 1 aliphatic rings. The second kappa shape index (κ2) is 10.1. The molecule has 0 bridgehead atoms. The molecule has 176 valence electrons. The van der Waals surface area contributed by atoms with Crippen LogP contribution in [-0.4, -0.2) is 44.3 Å². The van der Waals surface area contributed by atoms with Crippen LogP contribution in [0.4, 0.5) is 0 Å². The van der Waals surface area contributed by atoms with E-state index in [9.17, 15) is 4.21 Å². The quantitative estimate of drug-likeness (QED) is 0.391. The molecule has 1 N–H and O–H groups in total. The van der Waals surface area contributed by atoms with Crippen molar-refractivity contribution in [2.45, 2.75) is 43.1 Å². The van der Waals surface area contributed by atoms with Crippen molar-refractivity contribution < 1.29 is 8.95 Å². The summed E-state index contributed by atoms with van der Waals surface area (Å²) >= 11 is 0. The van der Waals surface area contributed by atoms with Crippen LogP contribution in [0.1, 0.15) is 41.3 Å². The van der Waals surface area contributed by atoms with Gasteiger partial charge in [-0.15, -0.1) is 0 Å². The highest BCUT2D eigenvalue weighted by Gasteiger charge is 2.23. The molecule has 0 saturated heterocycles. The van der Waals surface area contributed by atoms with Gasteiger partial charge < -0.3 is 9.72 Å². The number of hydrogen-bond acceptors (Lipinski definition) is 5. The molecule has 0 amide bonds. The van der Waals surface area contributed by atoms with Crippen molar-refractivity contribution in [2.75, 3.05) is 20.2 Å². The van der Waals surface area contributed by atoms with Gasteiger partial charge in [0.15, 0.2) is 5.16 Å². The lowest BCUT2D eigenvalue weighted by Gasteiger charge is -2.33. The molecule has 0 fully saturated rings. The zero-order valence-corrected chi connectivity index (χ0v) is 20.5. The summed E-state index contributed by atoms with van der Waals surface area (Å²) in [6.45, 7) is 3.40. The molecule has 2 aromatic carbocycles. The zero-order valence-electron chi connectivity index (χ0n) is 19.7. The Kier molecular flexibility index (Phi) is 6.74. The van der Waals surface area contributed by atoms with Gasteiger partial charge in [-0.25, -0.2) is 4.98 Å². The van der Waals surface area contributed by atoms with E-state index < -0.39 is 10.8 Å². The molecule has 2 atom stereocenters. The number of rotatable bonds is 8. The summed E-state index contributed by atoms with van der Waals surface area (Å²) < 4.78 is 19.1. The van der Waals surface area contributed by atoms with E-state index >= 15 is 0 Å². The van der Waals surface area contributed by atoms with Crippen LogP contribution in [0.2, 0.25) is 0 Å². The van der Waals surface area contributed by atoms with Crippen molar-refractivity contribution in [3.05, 3.63) is 83.2 Å². The third-order valence-corrected chi connectivity index (χ3v) is 7.84. The molecule has 0 saturated carbocycles. The van der Waals surface area contributed by atoms with Crippen LogP contribution in [0.25, 0.3) is 11.0 Å². The average Bonchev–Trinajstić information content (AvgIpc) is 3.30. The minimum atomic E-state index is -1.32. The third kappa shape index (κ3) is 4.76. The number of ether oxygens (including phenoxy) is 1. The summed E-state index contributed by atoms with van der Waals surface area (Å²) in [6, 6.07) is 18.8. The van der Waals surface area contributed by atoms with Gasteiger partial charge in [0.2, 0.25) is 0 Å². The van der Waals surface area contributed by atoms with Crippen molar-refractivity contribution in [2.24, 2.45) is 0 Å². The Morgan fingerprint density at radius 2 is 1.97 bits per heavy atom. The highest BCUT2D eigenvalue weighted by Crippen LogP contribution is 2.33. The number of aryl methyl sites for hydroxylation is 1. The summed E-state index contributed by atoms with van der Waals surface area (Å²) in [6.07, 6.45) is 5.31. The van der Waals surface area contributed by atoms with Crippen LogP contribution in [0.3, 0.4) is 0 Å². The molecule has 6 nitrogen and oxygen atoms in total. The summed E-state index contributed by atoms with van der Waals surface area (Å²) in [4.78, 5) is 14.5. The number of pyridine rings is 1. The molecule has 0 spiro atoms. The molecule has 4 aromatic rings. The van der Waals surface area contributed by atoms with Crippen LogP contribution in [0, 0.1) is 6.92 Å². The minimum Gasteiger partial charge on any atom is -0.492 e. The maximum Gasteiger partial charge on any atom is 0.197 e. The lowest BCUT2D eigenvalue weighted by molar-refractivity contribution is 0.177. The van der Waals surface area contributed by atoms with Crippen LogP contribution >= 0.6 is 0 Å². The van der Waals surface area contributed by atoms with Gasteiger partial charge in [0, 0.05) is 24.3 Å². The minimum absolute atomic E-state index is 0.293. The number of benzene rings is 2. The number of hydrogen-bond donors (Lipinski definition) is 1. The molecule has 2 heterocycles. The van der Waals surface area contributed by atoms with Gasteiger partial charge in [-0.1, -0.05) is 36.4 Å². The molecule has 1 aliphatic carbocycles. The smallest absolute Gasteiger partial charge is 0.197 e. The fraction of sp³-hybridized carbons (Fsp3) is 0.333. The van der Waals surface area contributed by atoms with E-state index in [1.807, 2.05) is 37.3 Å². The summed E-state index contributed by atoms with van der Waals surface area (Å²) in [7, 11) is 0.862.